The van der Waals surface area contributed by atoms with Crippen LogP contribution in [0.2, 0.25) is 0 Å². The molecule has 1 heterocycles. The molecule has 0 aliphatic heterocycles. The molecule has 0 saturated carbocycles. The lowest BCUT2D eigenvalue weighted by atomic mass is 10.1. The van der Waals surface area contributed by atoms with E-state index in [1.165, 1.54) is 27.9 Å². The standard InChI is InChI=1S/C17H13NS/c1-3-7-15-13(5-1)14-6-2-4-8-16(14)17(15)18-12-9-10-19-11-12/h1-11,17-18H. The second-order valence-electron chi connectivity index (χ2n) is 4.76. The first kappa shape index (κ1) is 10.8. The highest BCUT2D eigenvalue weighted by Gasteiger charge is 2.27. The van der Waals surface area contributed by atoms with Gasteiger partial charge in [-0.1, -0.05) is 48.5 Å². The Morgan fingerprint density at radius 2 is 1.42 bits per heavy atom. The summed E-state index contributed by atoms with van der Waals surface area (Å²) in [5.74, 6) is 0. The quantitative estimate of drug-likeness (QED) is 0.691. The third-order valence-electron chi connectivity index (χ3n) is 3.67. The van der Waals surface area contributed by atoms with Gasteiger partial charge in [0.15, 0.2) is 0 Å². The van der Waals surface area contributed by atoms with Crippen LogP contribution < -0.4 is 5.32 Å². The Balaban J connectivity index is 1.86. The molecule has 92 valence electrons. The van der Waals surface area contributed by atoms with Crippen LogP contribution >= 0.6 is 11.3 Å². The Labute approximate surface area is 116 Å². The fourth-order valence-corrected chi connectivity index (χ4v) is 3.42. The molecule has 0 bridgehead atoms. The van der Waals surface area contributed by atoms with Crippen LogP contribution in [0.4, 0.5) is 5.69 Å². The maximum Gasteiger partial charge on any atom is 0.0779 e. The van der Waals surface area contributed by atoms with Crippen molar-refractivity contribution in [3.8, 4) is 11.1 Å². The largest absolute Gasteiger partial charge is 0.373 e. The number of thiophene rings is 1. The number of hydrogen-bond acceptors (Lipinski definition) is 2. The van der Waals surface area contributed by atoms with E-state index in [2.05, 4.69) is 70.7 Å². The van der Waals surface area contributed by atoms with Crippen LogP contribution in [-0.2, 0) is 0 Å². The van der Waals surface area contributed by atoms with Gasteiger partial charge in [0.05, 0.1) is 6.04 Å². The molecule has 0 fully saturated rings. The zero-order chi connectivity index (χ0) is 12.7. The number of nitrogens with one attached hydrogen (secondary N) is 1. The van der Waals surface area contributed by atoms with Crippen LogP contribution in [0, 0.1) is 0 Å². The Morgan fingerprint density at radius 1 is 0.789 bits per heavy atom. The average Bonchev–Trinajstić information content (AvgIpc) is 3.08. The Morgan fingerprint density at radius 3 is 2.00 bits per heavy atom. The van der Waals surface area contributed by atoms with Crippen molar-refractivity contribution in [2.75, 3.05) is 5.32 Å². The van der Waals surface area contributed by atoms with Crippen LogP contribution in [-0.4, -0.2) is 0 Å². The van der Waals surface area contributed by atoms with Crippen molar-refractivity contribution in [3.05, 3.63) is 76.5 Å². The third-order valence-corrected chi connectivity index (χ3v) is 4.35. The van der Waals surface area contributed by atoms with E-state index in [-0.39, 0.29) is 6.04 Å². The monoisotopic (exact) mass is 263 g/mol. The normalized spacial score (nSPS) is 13.1. The highest BCUT2D eigenvalue weighted by atomic mass is 32.1. The van der Waals surface area contributed by atoms with E-state index in [1.54, 1.807) is 11.3 Å². The number of hydrogen-bond donors (Lipinski definition) is 1. The van der Waals surface area contributed by atoms with Gasteiger partial charge in [0.1, 0.15) is 0 Å². The minimum absolute atomic E-state index is 0.266. The van der Waals surface area contributed by atoms with Gasteiger partial charge in [0.2, 0.25) is 0 Å². The molecule has 2 heteroatoms. The molecule has 0 radical (unpaired) electrons. The molecule has 0 amide bonds. The van der Waals surface area contributed by atoms with Gasteiger partial charge in [-0.05, 0) is 33.7 Å². The molecule has 0 spiro atoms. The van der Waals surface area contributed by atoms with Crippen molar-refractivity contribution in [2.45, 2.75) is 6.04 Å². The van der Waals surface area contributed by atoms with E-state index >= 15 is 0 Å². The molecule has 3 aromatic rings. The van der Waals surface area contributed by atoms with Gasteiger partial charge >= 0.3 is 0 Å². The lowest BCUT2D eigenvalue weighted by Gasteiger charge is -2.16. The molecule has 0 atom stereocenters. The molecule has 19 heavy (non-hydrogen) atoms. The van der Waals surface area contributed by atoms with Gasteiger partial charge in [-0.2, -0.15) is 11.3 Å². The molecule has 1 aliphatic rings. The smallest absolute Gasteiger partial charge is 0.0779 e. The molecule has 1 aliphatic carbocycles. The molecular weight excluding hydrogens is 250 g/mol. The predicted molar refractivity (Wildman–Crippen MR) is 81.7 cm³/mol. The fourth-order valence-electron chi connectivity index (χ4n) is 2.82. The summed E-state index contributed by atoms with van der Waals surface area (Å²) in [5, 5.41) is 7.91. The van der Waals surface area contributed by atoms with Gasteiger partial charge in [0.25, 0.3) is 0 Å². The Bertz CT molecular complexity index is 670. The summed E-state index contributed by atoms with van der Waals surface area (Å²) in [5.41, 5.74) is 6.64. The lowest BCUT2D eigenvalue weighted by molar-refractivity contribution is 0.976. The zero-order valence-corrected chi connectivity index (χ0v) is 11.2. The Hall–Kier alpha value is -2.06. The topological polar surface area (TPSA) is 12.0 Å². The van der Waals surface area contributed by atoms with Crippen LogP contribution in [0.5, 0.6) is 0 Å². The summed E-state index contributed by atoms with van der Waals surface area (Å²) in [6.45, 7) is 0. The van der Waals surface area contributed by atoms with E-state index in [4.69, 9.17) is 0 Å². The van der Waals surface area contributed by atoms with E-state index in [9.17, 15) is 0 Å². The number of rotatable bonds is 2. The first-order valence-electron chi connectivity index (χ1n) is 6.40. The van der Waals surface area contributed by atoms with Gasteiger partial charge < -0.3 is 5.32 Å². The van der Waals surface area contributed by atoms with Crippen LogP contribution in [0.15, 0.2) is 65.4 Å². The molecule has 0 unspecified atom stereocenters. The van der Waals surface area contributed by atoms with Crippen LogP contribution in [0.3, 0.4) is 0 Å². The van der Waals surface area contributed by atoms with Crippen molar-refractivity contribution in [1.82, 2.24) is 0 Å². The zero-order valence-electron chi connectivity index (χ0n) is 10.3. The highest BCUT2D eigenvalue weighted by molar-refractivity contribution is 7.08. The minimum Gasteiger partial charge on any atom is -0.373 e. The van der Waals surface area contributed by atoms with Crippen LogP contribution in [0.1, 0.15) is 17.2 Å². The van der Waals surface area contributed by atoms with Crippen molar-refractivity contribution in [1.29, 1.82) is 0 Å². The predicted octanol–water partition coefficient (Wildman–Crippen LogP) is 4.93. The first-order chi connectivity index (χ1) is 9.43. The number of benzene rings is 2. The second-order valence-corrected chi connectivity index (χ2v) is 5.54. The summed E-state index contributed by atoms with van der Waals surface area (Å²) < 4.78 is 0. The summed E-state index contributed by atoms with van der Waals surface area (Å²) >= 11 is 1.72. The number of fused-ring (bicyclic) bond motifs is 3. The molecule has 0 saturated heterocycles. The lowest BCUT2D eigenvalue weighted by Crippen LogP contribution is -2.08. The molecule has 4 rings (SSSR count). The van der Waals surface area contributed by atoms with E-state index in [1.807, 2.05) is 0 Å². The van der Waals surface area contributed by atoms with E-state index in [0.717, 1.165) is 0 Å². The second kappa shape index (κ2) is 4.25. The van der Waals surface area contributed by atoms with Crippen molar-refractivity contribution >= 4 is 17.0 Å². The number of anilines is 1. The summed E-state index contributed by atoms with van der Waals surface area (Å²) in [6, 6.07) is 19.7. The molecule has 1 N–H and O–H groups in total. The maximum absolute atomic E-state index is 3.64. The summed E-state index contributed by atoms with van der Waals surface area (Å²) in [6.07, 6.45) is 0. The van der Waals surface area contributed by atoms with Gasteiger partial charge in [-0.15, -0.1) is 0 Å². The van der Waals surface area contributed by atoms with Gasteiger partial charge in [0, 0.05) is 11.1 Å². The van der Waals surface area contributed by atoms with Gasteiger partial charge in [-0.3, -0.25) is 0 Å². The van der Waals surface area contributed by atoms with E-state index < -0.39 is 0 Å². The first-order valence-corrected chi connectivity index (χ1v) is 7.35. The minimum atomic E-state index is 0.266. The van der Waals surface area contributed by atoms with E-state index in [0.29, 0.717) is 0 Å². The third kappa shape index (κ3) is 1.68. The SMILES string of the molecule is c1ccc2c(c1)-c1ccccc1C2Nc1ccsc1. The molecule has 1 aromatic heterocycles. The Kier molecular flexibility index (Phi) is 2.42. The summed E-state index contributed by atoms with van der Waals surface area (Å²) in [4.78, 5) is 0. The highest BCUT2D eigenvalue weighted by Crippen LogP contribution is 2.44. The van der Waals surface area contributed by atoms with Crippen molar-refractivity contribution in [3.63, 3.8) is 0 Å². The average molecular weight is 263 g/mol. The van der Waals surface area contributed by atoms with Crippen molar-refractivity contribution < 1.29 is 0 Å². The van der Waals surface area contributed by atoms with Gasteiger partial charge in [-0.25, -0.2) is 0 Å². The molecular formula is C17H13NS. The van der Waals surface area contributed by atoms with Crippen molar-refractivity contribution in [2.24, 2.45) is 0 Å². The fraction of sp³-hybridized carbons (Fsp3) is 0.0588. The van der Waals surface area contributed by atoms with Crippen LogP contribution in [0.25, 0.3) is 11.1 Å². The molecule has 1 nitrogen and oxygen atoms in total. The maximum atomic E-state index is 3.64. The molecule has 2 aromatic carbocycles. The summed E-state index contributed by atoms with van der Waals surface area (Å²) in [7, 11) is 0.